The molecule has 0 radical (unpaired) electrons. The molecule has 5 rings (SSSR count). The number of nitrogens with zero attached hydrogens (tertiary/aromatic N) is 6. The first-order valence-electron chi connectivity index (χ1n) is 11.2. The fourth-order valence-electron chi connectivity index (χ4n) is 4.06. The number of benzene rings is 1. The Balaban J connectivity index is 1.54. The van der Waals surface area contributed by atoms with Crippen LogP contribution >= 0.6 is 0 Å². The molecule has 3 aromatic heterocycles. The molecular formula is C24H24FN7O3. The lowest BCUT2D eigenvalue weighted by Gasteiger charge is -2.12. The van der Waals surface area contributed by atoms with E-state index in [1.807, 2.05) is 4.68 Å². The van der Waals surface area contributed by atoms with Gasteiger partial charge in [0, 0.05) is 18.2 Å². The summed E-state index contributed by atoms with van der Waals surface area (Å²) in [5, 5.41) is 21.9. The van der Waals surface area contributed by atoms with Crippen LogP contribution in [-0.2, 0) is 6.54 Å². The lowest BCUT2D eigenvalue weighted by Crippen LogP contribution is -2.09. The van der Waals surface area contributed by atoms with Crippen LogP contribution in [0.5, 0.6) is 5.75 Å². The first-order chi connectivity index (χ1) is 16.9. The molecule has 1 aliphatic rings. The van der Waals surface area contributed by atoms with Crippen LogP contribution in [-0.4, -0.2) is 47.7 Å². The highest BCUT2D eigenvalue weighted by Gasteiger charge is 2.27. The molecule has 0 aliphatic heterocycles. The predicted octanol–water partition coefficient (Wildman–Crippen LogP) is 4.14. The van der Waals surface area contributed by atoms with E-state index in [-0.39, 0.29) is 11.4 Å². The molecule has 1 saturated carbocycles. The molecule has 4 aromatic rings. The number of aryl methyl sites for hydroxylation is 1. The van der Waals surface area contributed by atoms with E-state index in [1.165, 1.54) is 23.1 Å². The van der Waals surface area contributed by atoms with Crippen molar-refractivity contribution in [2.24, 2.45) is 5.92 Å². The van der Waals surface area contributed by atoms with E-state index in [4.69, 9.17) is 9.84 Å². The van der Waals surface area contributed by atoms with Crippen LogP contribution in [0.15, 0.2) is 36.7 Å². The molecule has 0 spiro atoms. The van der Waals surface area contributed by atoms with Gasteiger partial charge in [0.1, 0.15) is 29.2 Å². The standard InChI is InChI=1S/C24H24FN7O3/c1-13-20(24(33)34)14(2)32(29-13)19-10-18(26-12-27-19)28-23-22(35-3)21(16-6-8-17(25)9-7-16)30-31(23)11-15-4-5-15/h6-10,12,15H,4-5,11H2,1-3H3,(H,33,34)(H,26,27,28). The van der Waals surface area contributed by atoms with Gasteiger partial charge < -0.3 is 15.2 Å². The van der Waals surface area contributed by atoms with Crippen LogP contribution in [0.3, 0.4) is 0 Å². The first kappa shape index (κ1) is 22.5. The molecule has 180 valence electrons. The quantitative estimate of drug-likeness (QED) is 0.389. The molecule has 0 saturated heterocycles. The topological polar surface area (TPSA) is 120 Å². The van der Waals surface area contributed by atoms with Gasteiger partial charge in [-0.25, -0.2) is 28.5 Å². The number of hydrogen-bond donors (Lipinski definition) is 2. The Hall–Kier alpha value is -4.28. The Kier molecular flexibility index (Phi) is 5.67. The maximum atomic E-state index is 13.5. The van der Waals surface area contributed by atoms with E-state index in [0.717, 1.165) is 18.4 Å². The van der Waals surface area contributed by atoms with Gasteiger partial charge in [0.05, 0.1) is 18.5 Å². The Morgan fingerprint density at radius 2 is 1.94 bits per heavy atom. The minimum absolute atomic E-state index is 0.145. The zero-order valence-corrected chi connectivity index (χ0v) is 19.5. The highest BCUT2D eigenvalue weighted by molar-refractivity contribution is 5.90. The van der Waals surface area contributed by atoms with Crippen molar-refractivity contribution in [1.29, 1.82) is 0 Å². The number of carboxylic acids is 1. The van der Waals surface area contributed by atoms with Gasteiger partial charge in [0.2, 0.25) is 0 Å². The van der Waals surface area contributed by atoms with Gasteiger partial charge in [-0.05, 0) is 56.9 Å². The molecule has 0 bridgehead atoms. The molecule has 11 heteroatoms. The summed E-state index contributed by atoms with van der Waals surface area (Å²) in [6.45, 7) is 4.03. The first-order valence-corrected chi connectivity index (χ1v) is 11.2. The van der Waals surface area contributed by atoms with Gasteiger partial charge in [0.25, 0.3) is 0 Å². The van der Waals surface area contributed by atoms with Crippen molar-refractivity contribution < 1.29 is 19.0 Å². The fraction of sp³-hybridized carbons (Fsp3) is 0.292. The number of ether oxygens (including phenoxy) is 1. The molecule has 1 fully saturated rings. The minimum Gasteiger partial charge on any atom is -0.491 e. The van der Waals surface area contributed by atoms with E-state index >= 15 is 0 Å². The highest BCUT2D eigenvalue weighted by atomic mass is 19.1. The van der Waals surface area contributed by atoms with Crippen LogP contribution in [0, 0.1) is 25.6 Å². The van der Waals surface area contributed by atoms with Gasteiger partial charge in [-0.15, -0.1) is 0 Å². The Bertz CT molecular complexity index is 1410. The van der Waals surface area contributed by atoms with Gasteiger partial charge in [0.15, 0.2) is 17.4 Å². The van der Waals surface area contributed by atoms with Crippen molar-refractivity contribution in [3.8, 4) is 22.8 Å². The van der Waals surface area contributed by atoms with E-state index in [0.29, 0.717) is 52.7 Å². The third-order valence-electron chi connectivity index (χ3n) is 5.98. The van der Waals surface area contributed by atoms with Crippen molar-refractivity contribution in [1.82, 2.24) is 29.5 Å². The summed E-state index contributed by atoms with van der Waals surface area (Å²) in [7, 11) is 1.56. The zero-order valence-electron chi connectivity index (χ0n) is 19.5. The summed E-state index contributed by atoms with van der Waals surface area (Å²) in [6, 6.07) is 7.78. The fourth-order valence-corrected chi connectivity index (χ4v) is 4.06. The summed E-state index contributed by atoms with van der Waals surface area (Å²) in [4.78, 5) is 20.2. The van der Waals surface area contributed by atoms with Gasteiger partial charge in [-0.2, -0.15) is 10.2 Å². The Morgan fingerprint density at radius 3 is 2.57 bits per heavy atom. The number of carbonyl (C=O) groups is 1. The lowest BCUT2D eigenvalue weighted by molar-refractivity contribution is 0.0695. The summed E-state index contributed by atoms with van der Waals surface area (Å²) in [5.41, 5.74) is 2.33. The number of carboxylic acid groups (broad SMARTS) is 1. The summed E-state index contributed by atoms with van der Waals surface area (Å²) in [6.07, 6.45) is 3.65. The van der Waals surface area contributed by atoms with Crippen LogP contribution in [0.25, 0.3) is 17.1 Å². The van der Waals surface area contributed by atoms with Crippen LogP contribution in [0.1, 0.15) is 34.6 Å². The second-order valence-corrected chi connectivity index (χ2v) is 8.51. The summed E-state index contributed by atoms with van der Waals surface area (Å²) < 4.78 is 22.6. The molecule has 2 N–H and O–H groups in total. The molecule has 1 aromatic carbocycles. The van der Waals surface area contributed by atoms with Crippen molar-refractivity contribution in [2.75, 3.05) is 12.4 Å². The third-order valence-corrected chi connectivity index (χ3v) is 5.98. The average molecular weight is 478 g/mol. The normalized spacial score (nSPS) is 13.1. The van der Waals surface area contributed by atoms with E-state index < -0.39 is 5.97 Å². The van der Waals surface area contributed by atoms with Crippen molar-refractivity contribution >= 4 is 17.6 Å². The minimum atomic E-state index is -1.04. The number of halogens is 1. The smallest absolute Gasteiger partial charge is 0.339 e. The maximum Gasteiger partial charge on any atom is 0.339 e. The number of hydrogen-bond acceptors (Lipinski definition) is 7. The lowest BCUT2D eigenvalue weighted by atomic mass is 10.1. The van der Waals surface area contributed by atoms with Gasteiger partial charge in [-0.1, -0.05) is 0 Å². The Labute approximate surface area is 200 Å². The second-order valence-electron chi connectivity index (χ2n) is 8.51. The average Bonchev–Trinajstić information content (AvgIpc) is 3.51. The van der Waals surface area contributed by atoms with Crippen LogP contribution < -0.4 is 10.1 Å². The largest absolute Gasteiger partial charge is 0.491 e. The zero-order chi connectivity index (χ0) is 24.7. The van der Waals surface area contributed by atoms with Gasteiger partial charge in [-0.3, -0.25) is 0 Å². The van der Waals surface area contributed by atoms with Crippen molar-refractivity contribution in [2.45, 2.75) is 33.2 Å². The van der Waals surface area contributed by atoms with E-state index in [9.17, 15) is 14.3 Å². The van der Waals surface area contributed by atoms with E-state index in [1.54, 1.807) is 39.2 Å². The van der Waals surface area contributed by atoms with Crippen LogP contribution in [0.2, 0.25) is 0 Å². The molecule has 0 amide bonds. The number of anilines is 2. The van der Waals surface area contributed by atoms with Gasteiger partial charge >= 0.3 is 5.97 Å². The number of rotatable bonds is 8. The predicted molar refractivity (Wildman–Crippen MR) is 126 cm³/mol. The molecule has 1 aliphatic carbocycles. The highest BCUT2D eigenvalue weighted by Crippen LogP contribution is 2.40. The van der Waals surface area contributed by atoms with Crippen molar-refractivity contribution in [3.05, 3.63) is 59.4 Å². The molecule has 0 unspecified atom stereocenters. The number of methoxy groups -OCH3 is 1. The van der Waals surface area contributed by atoms with Crippen molar-refractivity contribution in [3.63, 3.8) is 0 Å². The number of aromatic nitrogens is 6. The third kappa shape index (κ3) is 4.32. The number of aromatic carboxylic acids is 1. The molecule has 10 nitrogen and oxygen atoms in total. The monoisotopic (exact) mass is 477 g/mol. The molecule has 3 heterocycles. The Morgan fingerprint density at radius 1 is 1.20 bits per heavy atom. The maximum absolute atomic E-state index is 13.5. The van der Waals surface area contributed by atoms with E-state index in [2.05, 4.69) is 20.4 Å². The molecule has 0 atom stereocenters. The van der Waals surface area contributed by atoms with Crippen LogP contribution in [0.4, 0.5) is 16.0 Å². The summed E-state index contributed by atoms with van der Waals surface area (Å²) >= 11 is 0. The molecule has 35 heavy (non-hydrogen) atoms. The second kappa shape index (κ2) is 8.82. The number of nitrogens with one attached hydrogen (secondary N) is 1. The molecular weight excluding hydrogens is 453 g/mol. The SMILES string of the molecule is COc1c(-c2ccc(F)cc2)nn(CC2CC2)c1Nc1cc(-n2nc(C)c(C(=O)O)c2C)ncn1. The summed E-state index contributed by atoms with van der Waals surface area (Å²) in [5.74, 6) is 1.17.